The predicted molar refractivity (Wildman–Crippen MR) is 135 cm³/mol. The Hall–Kier alpha value is -3.48. The molecule has 35 heavy (non-hydrogen) atoms. The van der Waals surface area contributed by atoms with Gasteiger partial charge in [-0.1, -0.05) is 26.8 Å². The van der Waals surface area contributed by atoms with Crippen LogP contribution in [-0.2, 0) is 9.59 Å². The summed E-state index contributed by atoms with van der Waals surface area (Å²) in [5, 5.41) is 11.5. The van der Waals surface area contributed by atoms with Crippen molar-refractivity contribution < 1.29 is 28.9 Å². The summed E-state index contributed by atoms with van der Waals surface area (Å²) < 4.78 is 16.7. The molecule has 2 aromatic rings. The van der Waals surface area contributed by atoms with Crippen LogP contribution in [0.25, 0.3) is 5.76 Å². The van der Waals surface area contributed by atoms with Gasteiger partial charge in [0.25, 0.3) is 11.7 Å². The van der Waals surface area contributed by atoms with Gasteiger partial charge in [-0.3, -0.25) is 9.59 Å². The summed E-state index contributed by atoms with van der Waals surface area (Å²) in [6, 6.07) is 8.27. The Kier molecular flexibility index (Phi) is 8.10. The number of benzene rings is 2. The van der Waals surface area contributed by atoms with E-state index in [2.05, 4.69) is 0 Å². The topological polar surface area (TPSA) is 85.3 Å². The maximum atomic E-state index is 13.3. The summed E-state index contributed by atoms with van der Waals surface area (Å²) in [5.41, 5.74) is 2.89. The first kappa shape index (κ1) is 26.1. The summed E-state index contributed by atoms with van der Waals surface area (Å²) in [5.74, 6) is 0.397. The third-order valence-corrected chi connectivity index (χ3v) is 6.26. The van der Waals surface area contributed by atoms with Crippen molar-refractivity contribution in [1.29, 1.82) is 0 Å². The van der Waals surface area contributed by atoms with Crippen molar-refractivity contribution in [3.05, 3.63) is 58.2 Å². The number of amides is 1. The molecule has 0 aromatic heterocycles. The van der Waals surface area contributed by atoms with Crippen LogP contribution in [-0.4, -0.2) is 49.1 Å². The highest BCUT2D eigenvalue weighted by atomic mass is 16.5. The van der Waals surface area contributed by atoms with E-state index in [4.69, 9.17) is 14.2 Å². The number of Topliss-reactive ketones (excluding diaryl/α,β-unsaturated/α-hetero) is 1. The van der Waals surface area contributed by atoms with E-state index in [1.54, 1.807) is 32.4 Å². The molecule has 0 aliphatic carbocycles. The number of aryl methyl sites for hydroxylation is 1. The molecule has 1 aliphatic rings. The minimum Gasteiger partial charge on any atom is -0.507 e. The van der Waals surface area contributed by atoms with Gasteiger partial charge in [0.1, 0.15) is 11.5 Å². The molecular formula is C28H35NO6. The molecule has 0 bridgehead atoms. The minimum atomic E-state index is -0.746. The van der Waals surface area contributed by atoms with Gasteiger partial charge in [0.05, 0.1) is 32.4 Å². The number of ketones is 1. The highest BCUT2D eigenvalue weighted by molar-refractivity contribution is 6.46. The molecule has 1 aliphatic heterocycles. The molecular weight excluding hydrogens is 446 g/mol. The van der Waals surface area contributed by atoms with Gasteiger partial charge in [-0.05, 0) is 67.1 Å². The number of hydrogen-bond acceptors (Lipinski definition) is 6. The van der Waals surface area contributed by atoms with Crippen LogP contribution in [0.4, 0.5) is 0 Å². The molecule has 7 heteroatoms. The molecule has 0 radical (unpaired) electrons. The van der Waals surface area contributed by atoms with Crippen LogP contribution >= 0.6 is 0 Å². The third kappa shape index (κ3) is 4.85. The first-order chi connectivity index (χ1) is 16.7. The zero-order chi connectivity index (χ0) is 25.9. The fourth-order valence-corrected chi connectivity index (χ4v) is 4.56. The van der Waals surface area contributed by atoms with Crippen molar-refractivity contribution in [2.24, 2.45) is 0 Å². The lowest BCUT2D eigenvalue weighted by Gasteiger charge is -2.26. The smallest absolute Gasteiger partial charge is 0.295 e. The Bertz CT molecular complexity index is 1150. The number of methoxy groups -OCH3 is 2. The molecule has 1 fully saturated rings. The average Bonchev–Trinajstić information content (AvgIpc) is 3.08. The van der Waals surface area contributed by atoms with Crippen LogP contribution in [0.1, 0.15) is 68.3 Å². The second-order valence-corrected chi connectivity index (χ2v) is 8.90. The number of carbonyl (C=O) groups excluding carboxylic acids is 2. The highest BCUT2D eigenvalue weighted by Crippen LogP contribution is 2.43. The molecule has 2 aromatic carbocycles. The van der Waals surface area contributed by atoms with Gasteiger partial charge < -0.3 is 24.2 Å². The summed E-state index contributed by atoms with van der Waals surface area (Å²) in [6.45, 7) is 10.5. The number of likely N-dealkylation sites (tertiary alicyclic amines) is 1. The molecule has 0 spiro atoms. The number of aliphatic hydroxyl groups excluding tert-OH is 1. The van der Waals surface area contributed by atoms with Crippen molar-refractivity contribution in [2.45, 2.75) is 53.0 Å². The average molecular weight is 482 g/mol. The van der Waals surface area contributed by atoms with E-state index < -0.39 is 17.7 Å². The molecule has 1 amide bonds. The number of aliphatic hydroxyl groups is 1. The molecule has 1 atom stereocenters. The number of rotatable bonds is 9. The van der Waals surface area contributed by atoms with E-state index in [0.717, 1.165) is 11.1 Å². The first-order valence-electron chi connectivity index (χ1n) is 12.0. The molecule has 3 rings (SSSR count). The fourth-order valence-electron chi connectivity index (χ4n) is 4.56. The number of nitrogens with zero attached hydrogens (tertiary/aromatic N) is 1. The quantitative estimate of drug-likeness (QED) is 0.295. The Labute approximate surface area is 207 Å². The van der Waals surface area contributed by atoms with Crippen LogP contribution in [0.5, 0.6) is 17.2 Å². The van der Waals surface area contributed by atoms with Gasteiger partial charge in [-0.15, -0.1) is 0 Å². The van der Waals surface area contributed by atoms with Crippen molar-refractivity contribution in [3.8, 4) is 17.2 Å². The van der Waals surface area contributed by atoms with Crippen LogP contribution in [0.2, 0.25) is 0 Å². The summed E-state index contributed by atoms with van der Waals surface area (Å²) in [7, 11) is 3.16. The van der Waals surface area contributed by atoms with E-state index >= 15 is 0 Å². The largest absolute Gasteiger partial charge is 0.507 e. The van der Waals surface area contributed by atoms with E-state index in [-0.39, 0.29) is 17.3 Å². The summed E-state index contributed by atoms with van der Waals surface area (Å²) >= 11 is 0. The highest BCUT2D eigenvalue weighted by Gasteiger charge is 2.46. The van der Waals surface area contributed by atoms with E-state index in [9.17, 15) is 14.7 Å². The zero-order valence-electron chi connectivity index (χ0n) is 21.6. The Morgan fingerprint density at radius 2 is 1.71 bits per heavy atom. The Morgan fingerprint density at radius 3 is 2.29 bits per heavy atom. The van der Waals surface area contributed by atoms with Crippen molar-refractivity contribution >= 4 is 17.4 Å². The van der Waals surface area contributed by atoms with Gasteiger partial charge in [-0.25, -0.2) is 0 Å². The van der Waals surface area contributed by atoms with Gasteiger partial charge >= 0.3 is 0 Å². The monoisotopic (exact) mass is 481 g/mol. The minimum absolute atomic E-state index is 0.0686. The van der Waals surface area contributed by atoms with Crippen LogP contribution in [0, 0.1) is 6.92 Å². The maximum Gasteiger partial charge on any atom is 0.295 e. The van der Waals surface area contributed by atoms with Crippen LogP contribution in [0.15, 0.2) is 35.9 Å². The normalized spacial score (nSPS) is 17.3. The predicted octanol–water partition coefficient (Wildman–Crippen LogP) is 5.37. The molecule has 188 valence electrons. The molecule has 1 heterocycles. The maximum absolute atomic E-state index is 13.3. The fraction of sp³-hybridized carbons (Fsp3) is 0.429. The molecule has 1 N–H and O–H groups in total. The van der Waals surface area contributed by atoms with Gasteiger partial charge in [0.15, 0.2) is 11.5 Å². The van der Waals surface area contributed by atoms with Crippen molar-refractivity contribution in [1.82, 2.24) is 4.90 Å². The Morgan fingerprint density at radius 1 is 1.03 bits per heavy atom. The van der Waals surface area contributed by atoms with E-state index in [1.807, 2.05) is 46.8 Å². The van der Waals surface area contributed by atoms with E-state index in [1.165, 1.54) is 4.90 Å². The molecule has 1 unspecified atom stereocenters. The molecule has 7 nitrogen and oxygen atoms in total. The van der Waals surface area contributed by atoms with E-state index in [0.29, 0.717) is 47.9 Å². The molecule has 1 saturated heterocycles. The SMILES string of the molecule is CCCN1C(=O)C(=O)/C(=C(/O)c2cc(C(C)C)c(OC)cc2C)C1c1ccc(OC)c(OCC)c1. The van der Waals surface area contributed by atoms with Gasteiger partial charge in [-0.2, -0.15) is 0 Å². The second-order valence-electron chi connectivity index (χ2n) is 8.90. The molecule has 0 saturated carbocycles. The van der Waals surface area contributed by atoms with Crippen molar-refractivity contribution in [2.75, 3.05) is 27.4 Å². The van der Waals surface area contributed by atoms with Crippen LogP contribution < -0.4 is 14.2 Å². The summed E-state index contributed by atoms with van der Waals surface area (Å²) in [6.07, 6.45) is 0.664. The standard InChI is InChI=1S/C28H35NO6/c1-8-12-29-25(18-10-11-21(33-6)23(14-18)35-9-2)24(27(31)28(29)32)26(30)20-15-19(16(3)4)22(34-7)13-17(20)5/h10-11,13-16,25,30H,8-9,12H2,1-7H3/b26-24+. The lowest BCUT2D eigenvalue weighted by atomic mass is 9.91. The number of ether oxygens (including phenoxy) is 3. The van der Waals surface area contributed by atoms with Crippen LogP contribution in [0.3, 0.4) is 0 Å². The number of hydrogen-bond donors (Lipinski definition) is 1. The lowest BCUT2D eigenvalue weighted by molar-refractivity contribution is -0.139. The first-order valence-corrected chi connectivity index (χ1v) is 12.0. The van der Waals surface area contributed by atoms with Crippen molar-refractivity contribution in [3.63, 3.8) is 0 Å². The van der Waals surface area contributed by atoms with Gasteiger partial charge in [0, 0.05) is 12.1 Å². The second kappa shape index (κ2) is 10.8. The van der Waals surface area contributed by atoms with Gasteiger partial charge in [0.2, 0.25) is 0 Å². The summed E-state index contributed by atoms with van der Waals surface area (Å²) in [4.78, 5) is 27.9. The zero-order valence-corrected chi connectivity index (χ0v) is 21.6. The Balaban J connectivity index is 2.28. The number of carbonyl (C=O) groups is 2. The third-order valence-electron chi connectivity index (χ3n) is 6.26. The lowest BCUT2D eigenvalue weighted by Crippen LogP contribution is -2.30.